The van der Waals surface area contributed by atoms with Gasteiger partial charge in [0, 0.05) is 13.0 Å². The maximum atomic E-state index is 10.5. The van der Waals surface area contributed by atoms with Crippen LogP contribution in [-0.2, 0) is 9.63 Å². The predicted molar refractivity (Wildman–Crippen MR) is 35.8 cm³/mol. The van der Waals surface area contributed by atoms with E-state index >= 15 is 0 Å². The number of rotatable bonds is 1. The summed E-state index contributed by atoms with van der Waals surface area (Å²) in [5, 5.41) is 0. The van der Waals surface area contributed by atoms with Crippen LogP contribution >= 0.6 is 0 Å². The largest absolute Gasteiger partial charge is 0.367 e. The molecular weight excluding hydrogens is 132 g/mol. The first kappa shape index (κ1) is 7.24. The summed E-state index contributed by atoms with van der Waals surface area (Å²) in [4.78, 5) is 15.4. The van der Waals surface area contributed by atoms with E-state index < -0.39 is 12.0 Å². The normalized spacial score (nSPS) is 25.8. The summed E-state index contributed by atoms with van der Waals surface area (Å²) in [5.74, 6) is -0.431. The van der Waals surface area contributed by atoms with E-state index in [2.05, 4.69) is 5.48 Å². The van der Waals surface area contributed by atoms with Crippen molar-refractivity contribution in [3.63, 3.8) is 0 Å². The molecule has 0 saturated heterocycles. The molecule has 3 N–H and O–H groups in total. The van der Waals surface area contributed by atoms with Crippen molar-refractivity contribution in [2.75, 3.05) is 6.54 Å². The van der Waals surface area contributed by atoms with Crippen molar-refractivity contribution in [3.05, 3.63) is 12.2 Å². The molecule has 1 unspecified atom stereocenters. The zero-order valence-electron chi connectivity index (χ0n) is 5.54. The highest BCUT2D eigenvalue weighted by Gasteiger charge is 2.14. The molecule has 1 atom stereocenters. The molecule has 56 valence electrons. The van der Waals surface area contributed by atoms with Gasteiger partial charge in [-0.15, -0.1) is 0 Å². The minimum absolute atomic E-state index is 0.431. The summed E-state index contributed by atoms with van der Waals surface area (Å²) < 4.78 is 0. The third-order valence-electron chi connectivity index (χ3n) is 1.26. The van der Waals surface area contributed by atoms with Crippen LogP contribution in [0.25, 0.3) is 0 Å². The summed E-state index contributed by atoms with van der Waals surface area (Å²) in [7, 11) is 0. The highest BCUT2D eigenvalue weighted by molar-refractivity contribution is 5.78. The zero-order valence-corrected chi connectivity index (χ0v) is 5.54. The van der Waals surface area contributed by atoms with Crippen LogP contribution in [0.15, 0.2) is 12.2 Å². The quantitative estimate of drug-likeness (QED) is 0.477. The van der Waals surface area contributed by atoms with Gasteiger partial charge in [-0.3, -0.25) is 9.63 Å². The van der Waals surface area contributed by atoms with Crippen LogP contribution in [0, 0.1) is 0 Å². The van der Waals surface area contributed by atoms with E-state index in [-0.39, 0.29) is 0 Å². The highest BCUT2D eigenvalue weighted by Crippen LogP contribution is 1.99. The number of nitrogens with one attached hydrogen (secondary N) is 1. The van der Waals surface area contributed by atoms with Crippen molar-refractivity contribution in [1.29, 1.82) is 0 Å². The van der Waals surface area contributed by atoms with E-state index in [1.165, 1.54) is 0 Å². The lowest BCUT2D eigenvalue weighted by Crippen LogP contribution is -2.34. The van der Waals surface area contributed by atoms with Gasteiger partial charge in [-0.2, -0.15) is 5.48 Å². The number of amides is 1. The maximum Gasteiger partial charge on any atom is 0.249 e. The van der Waals surface area contributed by atoms with Crippen molar-refractivity contribution in [1.82, 2.24) is 5.48 Å². The molecule has 1 heterocycles. The Morgan fingerprint density at radius 3 is 3.20 bits per heavy atom. The SMILES string of the molecule is NC(=O)C1CC=CCNO1. The van der Waals surface area contributed by atoms with Gasteiger partial charge in [-0.25, -0.2) is 0 Å². The average Bonchev–Trinajstić information content (AvgIpc) is 2.12. The summed E-state index contributed by atoms with van der Waals surface area (Å²) in [6.45, 7) is 0.629. The van der Waals surface area contributed by atoms with Crippen LogP contribution in [0.5, 0.6) is 0 Å². The number of carbonyl (C=O) groups is 1. The topological polar surface area (TPSA) is 64.4 Å². The van der Waals surface area contributed by atoms with Crippen LogP contribution in [0.2, 0.25) is 0 Å². The van der Waals surface area contributed by atoms with Gasteiger partial charge in [0.05, 0.1) is 0 Å². The van der Waals surface area contributed by atoms with Crippen LogP contribution in [0.4, 0.5) is 0 Å². The Bertz CT molecular complexity index is 156. The zero-order chi connectivity index (χ0) is 7.40. The summed E-state index contributed by atoms with van der Waals surface area (Å²) >= 11 is 0. The number of primary amides is 1. The predicted octanol–water partition coefficient (Wildman–Crippen LogP) is -0.679. The van der Waals surface area contributed by atoms with Crippen LogP contribution in [-0.4, -0.2) is 18.6 Å². The van der Waals surface area contributed by atoms with E-state index in [0.717, 1.165) is 0 Å². The first-order valence-electron chi connectivity index (χ1n) is 3.13. The first-order valence-corrected chi connectivity index (χ1v) is 3.13. The monoisotopic (exact) mass is 142 g/mol. The second-order valence-electron chi connectivity index (χ2n) is 2.06. The molecule has 0 fully saturated rings. The highest BCUT2D eigenvalue weighted by atomic mass is 16.7. The number of nitrogens with two attached hydrogens (primary N) is 1. The molecule has 4 heteroatoms. The van der Waals surface area contributed by atoms with Gasteiger partial charge in [0.1, 0.15) is 0 Å². The molecule has 1 rings (SSSR count). The summed E-state index contributed by atoms with van der Waals surface area (Å²) in [6.07, 6.45) is 3.81. The van der Waals surface area contributed by atoms with Crippen molar-refractivity contribution in [3.8, 4) is 0 Å². The smallest absolute Gasteiger partial charge is 0.249 e. The lowest BCUT2D eigenvalue weighted by atomic mass is 10.2. The van der Waals surface area contributed by atoms with Crippen molar-refractivity contribution in [2.45, 2.75) is 12.5 Å². The van der Waals surface area contributed by atoms with Gasteiger partial charge in [0.2, 0.25) is 5.91 Å². The van der Waals surface area contributed by atoms with E-state index in [0.29, 0.717) is 13.0 Å². The second kappa shape index (κ2) is 3.34. The van der Waals surface area contributed by atoms with Crippen molar-refractivity contribution in [2.24, 2.45) is 5.73 Å². The van der Waals surface area contributed by atoms with E-state index in [1.54, 1.807) is 0 Å². The molecule has 0 aromatic carbocycles. The van der Waals surface area contributed by atoms with Crippen molar-refractivity contribution >= 4 is 5.91 Å². The standard InChI is InChI=1S/C6H10N2O2/c7-6(9)5-3-1-2-4-8-10-5/h1-2,5,8H,3-4H2,(H2,7,9). The van der Waals surface area contributed by atoms with Crippen molar-refractivity contribution < 1.29 is 9.63 Å². The molecule has 0 radical (unpaired) electrons. The van der Waals surface area contributed by atoms with Gasteiger partial charge >= 0.3 is 0 Å². The van der Waals surface area contributed by atoms with Gasteiger partial charge in [-0.05, 0) is 0 Å². The Balaban J connectivity index is 2.45. The number of hydroxylamine groups is 1. The maximum absolute atomic E-state index is 10.5. The molecule has 1 aliphatic rings. The minimum atomic E-state index is -0.515. The van der Waals surface area contributed by atoms with Crippen LogP contribution in [0.3, 0.4) is 0 Å². The molecule has 1 amide bonds. The number of carbonyl (C=O) groups excluding carboxylic acids is 1. The molecule has 0 spiro atoms. The third kappa shape index (κ3) is 1.82. The van der Waals surface area contributed by atoms with E-state index in [4.69, 9.17) is 10.6 Å². The van der Waals surface area contributed by atoms with E-state index in [9.17, 15) is 4.79 Å². The Hall–Kier alpha value is -0.870. The van der Waals surface area contributed by atoms with Gasteiger partial charge in [0.15, 0.2) is 6.10 Å². The Kier molecular flexibility index (Phi) is 2.42. The van der Waals surface area contributed by atoms with Gasteiger partial charge in [0.25, 0.3) is 0 Å². The third-order valence-corrected chi connectivity index (χ3v) is 1.26. The molecule has 0 saturated carbocycles. The average molecular weight is 142 g/mol. The Labute approximate surface area is 59.0 Å². The molecule has 0 aliphatic carbocycles. The number of hydrogen-bond acceptors (Lipinski definition) is 3. The molecule has 0 bridgehead atoms. The summed E-state index contributed by atoms with van der Waals surface area (Å²) in [6, 6.07) is 0. The Morgan fingerprint density at radius 2 is 2.50 bits per heavy atom. The molecule has 0 aromatic rings. The van der Waals surface area contributed by atoms with Crippen LogP contribution < -0.4 is 11.2 Å². The molecule has 1 aliphatic heterocycles. The molecular formula is C6H10N2O2. The molecule has 10 heavy (non-hydrogen) atoms. The molecule has 4 nitrogen and oxygen atoms in total. The second-order valence-corrected chi connectivity index (χ2v) is 2.06. The minimum Gasteiger partial charge on any atom is -0.367 e. The molecule has 0 aromatic heterocycles. The van der Waals surface area contributed by atoms with Gasteiger partial charge in [-0.1, -0.05) is 12.2 Å². The lowest BCUT2D eigenvalue weighted by molar-refractivity contribution is -0.133. The first-order chi connectivity index (χ1) is 4.80. The van der Waals surface area contributed by atoms with E-state index in [1.807, 2.05) is 12.2 Å². The number of hydrogen-bond donors (Lipinski definition) is 2. The fourth-order valence-electron chi connectivity index (χ4n) is 0.722. The van der Waals surface area contributed by atoms with Gasteiger partial charge < -0.3 is 5.73 Å². The fourth-order valence-corrected chi connectivity index (χ4v) is 0.722. The van der Waals surface area contributed by atoms with Crippen LogP contribution in [0.1, 0.15) is 6.42 Å². The Morgan fingerprint density at radius 1 is 1.70 bits per heavy atom. The fraction of sp³-hybridized carbons (Fsp3) is 0.500. The lowest BCUT2D eigenvalue weighted by Gasteiger charge is -2.08. The summed E-state index contributed by atoms with van der Waals surface area (Å²) in [5.41, 5.74) is 7.59.